The van der Waals surface area contributed by atoms with E-state index in [-0.39, 0.29) is 33.6 Å². The number of carbonyl (C=O) groups is 2. The summed E-state index contributed by atoms with van der Waals surface area (Å²) in [5.41, 5.74) is 0.874. The number of benzene rings is 1. The fraction of sp³-hybridized carbons (Fsp3) is 0.238. The Bertz CT molecular complexity index is 1490. The van der Waals surface area contributed by atoms with Crippen LogP contribution in [-0.2, 0) is 5.41 Å². The van der Waals surface area contributed by atoms with Crippen LogP contribution in [0.25, 0.3) is 11.3 Å². The van der Waals surface area contributed by atoms with Gasteiger partial charge in [-0.3, -0.25) is 5.10 Å². The Morgan fingerprint density at radius 2 is 1.74 bits per heavy atom. The molecule has 0 bridgehead atoms. The van der Waals surface area contributed by atoms with Crippen molar-refractivity contribution in [2.75, 3.05) is 0 Å². The zero-order valence-electron chi connectivity index (χ0n) is 18.6. The molecule has 3 heterocycles. The average Bonchev–Trinajstić information content (AvgIpc) is 3.45. The highest BCUT2D eigenvalue weighted by Gasteiger charge is 2.26. The van der Waals surface area contributed by atoms with Gasteiger partial charge >= 0.3 is 11.9 Å². The Hall–Kier alpha value is -4.86. The number of hydrogen-bond donors (Lipinski definition) is 3. The van der Waals surface area contributed by atoms with E-state index in [1.165, 1.54) is 18.3 Å². The molecule has 0 atom stereocenters. The van der Waals surface area contributed by atoms with E-state index in [1.54, 1.807) is 11.4 Å². The number of hydrogen-bond acceptors (Lipinski definition) is 8. The molecule has 3 aromatic heterocycles. The first-order valence-corrected chi connectivity index (χ1v) is 9.97. The first kappa shape index (κ1) is 22.3. The van der Waals surface area contributed by atoms with Crippen LogP contribution < -0.4 is 0 Å². The van der Waals surface area contributed by atoms with Crippen molar-refractivity contribution in [2.45, 2.75) is 33.1 Å². The number of fused-ring (bicyclic) bond motifs is 1. The summed E-state index contributed by atoms with van der Waals surface area (Å²) >= 11 is 0. The van der Waals surface area contributed by atoms with Gasteiger partial charge in [-0.1, -0.05) is 20.8 Å². The van der Waals surface area contributed by atoms with Crippen molar-refractivity contribution < 1.29 is 19.8 Å². The summed E-state index contributed by atoms with van der Waals surface area (Å²) in [5.74, 6) is -2.01. The van der Waals surface area contributed by atoms with Crippen LogP contribution in [0, 0.1) is 18.3 Å². The first-order valence-electron chi connectivity index (χ1n) is 9.97. The SMILES string of the molecule is Cc1nnc2c(N=Nc3c(C#N)cnn3-c3cc(C(=O)O)cc(C(=O)O)c3)c(C(C)(C)C)[nH]n12. The number of aromatic carboxylic acids is 2. The molecule has 0 fully saturated rings. The van der Waals surface area contributed by atoms with Gasteiger partial charge in [-0.25, -0.2) is 18.8 Å². The van der Waals surface area contributed by atoms with Crippen molar-refractivity contribution in [2.24, 2.45) is 10.2 Å². The lowest BCUT2D eigenvalue weighted by Crippen LogP contribution is -2.12. The fourth-order valence-electron chi connectivity index (χ4n) is 3.33. The maximum atomic E-state index is 11.5. The Labute approximate surface area is 192 Å². The van der Waals surface area contributed by atoms with Crippen molar-refractivity contribution in [1.82, 2.24) is 29.6 Å². The van der Waals surface area contributed by atoms with Crippen LogP contribution in [0.2, 0.25) is 0 Å². The number of H-pyrrole nitrogens is 1. The standard InChI is InChI=1S/C21H19N9O4/c1-10-24-27-18-15(16(21(2,3)4)28-29(10)18)25-26-17-13(8-22)9-23-30(17)14-6-11(19(31)32)5-12(7-14)20(33)34/h5-7,9,28H,1-4H3,(H,31,32)(H,33,34). The molecule has 1 aromatic carbocycles. The summed E-state index contributed by atoms with van der Waals surface area (Å²) in [7, 11) is 0. The molecule has 0 amide bonds. The Kier molecular flexibility index (Phi) is 5.21. The third kappa shape index (κ3) is 3.77. The van der Waals surface area contributed by atoms with Gasteiger partial charge in [-0.15, -0.1) is 20.4 Å². The lowest BCUT2D eigenvalue weighted by atomic mass is 9.91. The van der Waals surface area contributed by atoms with Crippen LogP contribution >= 0.6 is 0 Å². The molecule has 0 aliphatic carbocycles. The zero-order chi connectivity index (χ0) is 24.8. The van der Waals surface area contributed by atoms with Crippen LogP contribution in [0.3, 0.4) is 0 Å². The van der Waals surface area contributed by atoms with Gasteiger partial charge in [0.25, 0.3) is 0 Å². The number of azo groups is 1. The number of nitrogens with one attached hydrogen (secondary N) is 1. The van der Waals surface area contributed by atoms with Gasteiger partial charge in [0, 0.05) is 5.41 Å². The molecule has 0 unspecified atom stereocenters. The van der Waals surface area contributed by atoms with Gasteiger partial charge in [0.05, 0.1) is 28.7 Å². The molecule has 172 valence electrons. The molecule has 34 heavy (non-hydrogen) atoms. The molecule has 0 aliphatic rings. The number of carboxylic acids is 2. The highest BCUT2D eigenvalue weighted by molar-refractivity contribution is 5.94. The number of aryl methyl sites for hydroxylation is 1. The molecule has 13 heteroatoms. The second-order valence-corrected chi connectivity index (χ2v) is 8.48. The van der Waals surface area contributed by atoms with Crippen LogP contribution in [-0.4, -0.2) is 51.7 Å². The lowest BCUT2D eigenvalue weighted by Gasteiger charge is -2.16. The van der Waals surface area contributed by atoms with Crippen LogP contribution in [0.4, 0.5) is 11.5 Å². The normalized spacial score (nSPS) is 11.9. The zero-order valence-corrected chi connectivity index (χ0v) is 18.6. The number of nitriles is 1. The number of carboxylic acid groups (broad SMARTS) is 2. The second kappa shape index (κ2) is 7.93. The van der Waals surface area contributed by atoms with Gasteiger partial charge in [-0.05, 0) is 25.1 Å². The Balaban J connectivity index is 1.90. The molecule has 0 spiro atoms. The number of aromatic amines is 1. The van der Waals surface area contributed by atoms with E-state index in [4.69, 9.17) is 0 Å². The molecule has 3 N–H and O–H groups in total. The Morgan fingerprint density at radius 1 is 1.09 bits per heavy atom. The van der Waals surface area contributed by atoms with Crippen molar-refractivity contribution in [3.63, 3.8) is 0 Å². The number of nitrogens with zero attached hydrogens (tertiary/aromatic N) is 8. The predicted octanol–water partition coefficient (Wildman–Crippen LogP) is 3.53. The van der Waals surface area contributed by atoms with E-state index in [0.29, 0.717) is 17.2 Å². The molecular weight excluding hydrogens is 442 g/mol. The van der Waals surface area contributed by atoms with Crippen LogP contribution in [0.1, 0.15) is 58.6 Å². The highest BCUT2D eigenvalue weighted by Crippen LogP contribution is 2.35. The van der Waals surface area contributed by atoms with Gasteiger partial charge in [0.2, 0.25) is 5.65 Å². The Morgan fingerprint density at radius 3 is 2.29 bits per heavy atom. The second-order valence-electron chi connectivity index (χ2n) is 8.48. The molecule has 4 aromatic rings. The molecular formula is C21H19N9O4. The minimum absolute atomic E-state index is 0.00294. The van der Waals surface area contributed by atoms with Crippen LogP contribution in [0.15, 0.2) is 34.6 Å². The molecule has 0 saturated heterocycles. The fourth-order valence-corrected chi connectivity index (χ4v) is 3.33. The minimum atomic E-state index is -1.31. The largest absolute Gasteiger partial charge is 0.478 e. The van der Waals surface area contributed by atoms with Gasteiger partial charge in [-0.2, -0.15) is 10.4 Å². The summed E-state index contributed by atoms with van der Waals surface area (Å²) in [4.78, 5) is 23.0. The summed E-state index contributed by atoms with van der Waals surface area (Å²) in [5, 5.41) is 52.4. The summed E-state index contributed by atoms with van der Waals surface area (Å²) in [6.07, 6.45) is 1.24. The van der Waals surface area contributed by atoms with Crippen molar-refractivity contribution >= 4 is 29.1 Å². The predicted molar refractivity (Wildman–Crippen MR) is 117 cm³/mol. The monoisotopic (exact) mass is 461 g/mol. The summed E-state index contributed by atoms with van der Waals surface area (Å²) in [6, 6.07) is 5.47. The molecule has 0 aliphatic heterocycles. The number of aromatic nitrogens is 6. The van der Waals surface area contributed by atoms with E-state index in [0.717, 1.165) is 16.4 Å². The summed E-state index contributed by atoms with van der Waals surface area (Å²) < 4.78 is 2.84. The maximum Gasteiger partial charge on any atom is 0.335 e. The minimum Gasteiger partial charge on any atom is -0.478 e. The third-order valence-corrected chi connectivity index (χ3v) is 5.01. The quantitative estimate of drug-likeness (QED) is 0.376. The lowest BCUT2D eigenvalue weighted by molar-refractivity contribution is 0.0696. The van der Waals surface area contributed by atoms with Gasteiger partial charge in [0.1, 0.15) is 17.5 Å². The highest BCUT2D eigenvalue weighted by atomic mass is 16.4. The van der Waals surface area contributed by atoms with Crippen LogP contribution in [0.5, 0.6) is 0 Å². The average molecular weight is 461 g/mol. The van der Waals surface area contributed by atoms with Crippen molar-refractivity contribution in [3.8, 4) is 11.8 Å². The van der Waals surface area contributed by atoms with E-state index in [1.807, 2.05) is 26.8 Å². The van der Waals surface area contributed by atoms with E-state index >= 15 is 0 Å². The van der Waals surface area contributed by atoms with Gasteiger partial charge < -0.3 is 10.2 Å². The topological polar surface area (TPSA) is 187 Å². The van der Waals surface area contributed by atoms with Crippen molar-refractivity contribution in [1.29, 1.82) is 5.26 Å². The molecule has 13 nitrogen and oxygen atoms in total. The first-order chi connectivity index (χ1) is 16.0. The third-order valence-electron chi connectivity index (χ3n) is 5.01. The molecule has 4 rings (SSSR count). The molecule has 0 radical (unpaired) electrons. The molecule has 0 saturated carbocycles. The number of rotatable bonds is 5. The van der Waals surface area contributed by atoms with Crippen molar-refractivity contribution in [3.05, 3.63) is 52.6 Å². The van der Waals surface area contributed by atoms with E-state index in [2.05, 4.69) is 30.6 Å². The van der Waals surface area contributed by atoms with Gasteiger partial charge in [0.15, 0.2) is 11.5 Å². The van der Waals surface area contributed by atoms with E-state index < -0.39 is 11.9 Å². The maximum absolute atomic E-state index is 11.5. The summed E-state index contributed by atoms with van der Waals surface area (Å²) in [6.45, 7) is 7.73. The van der Waals surface area contributed by atoms with E-state index in [9.17, 15) is 25.1 Å². The smallest absolute Gasteiger partial charge is 0.335 e.